The molecule has 2 saturated heterocycles. The van der Waals surface area contributed by atoms with E-state index in [0.717, 1.165) is 36.1 Å². The molecule has 0 spiro atoms. The molecule has 0 saturated carbocycles. The largest absolute Gasteiger partial charge is 0.459 e. The maximum atomic E-state index is 12.9. The van der Waals surface area contributed by atoms with E-state index in [9.17, 15) is 4.79 Å². The van der Waals surface area contributed by atoms with Crippen LogP contribution in [0.3, 0.4) is 0 Å². The minimum atomic E-state index is -0.151. The summed E-state index contributed by atoms with van der Waals surface area (Å²) in [7, 11) is 0. The molecular formula is C26H32ClNO2. The topological polar surface area (TPSA) is 29.5 Å². The monoisotopic (exact) mass is 425 g/mol. The summed E-state index contributed by atoms with van der Waals surface area (Å²) in [6.45, 7) is 7.04. The molecule has 0 aliphatic carbocycles. The third kappa shape index (κ3) is 4.96. The predicted octanol–water partition coefficient (Wildman–Crippen LogP) is 5.90. The van der Waals surface area contributed by atoms with Crippen molar-refractivity contribution in [3.63, 3.8) is 0 Å². The Morgan fingerprint density at radius 1 is 1.03 bits per heavy atom. The fourth-order valence-corrected chi connectivity index (χ4v) is 5.21. The molecule has 2 unspecified atom stereocenters. The Labute approximate surface area is 186 Å². The Balaban J connectivity index is 0.00000256. The molecular weight excluding hydrogens is 394 g/mol. The minimum Gasteiger partial charge on any atom is -0.459 e. The summed E-state index contributed by atoms with van der Waals surface area (Å²) in [5, 5.41) is 0. The van der Waals surface area contributed by atoms with Crippen LogP contribution in [0.15, 0.2) is 48.5 Å². The van der Waals surface area contributed by atoms with E-state index in [1.807, 2.05) is 19.9 Å². The second kappa shape index (κ2) is 9.80. The number of piperidine rings is 1. The quantitative estimate of drug-likeness (QED) is 0.558. The third-order valence-corrected chi connectivity index (χ3v) is 6.42. The molecule has 160 valence electrons. The highest BCUT2D eigenvalue weighted by atomic mass is 35.5. The van der Waals surface area contributed by atoms with Crippen LogP contribution in [-0.2, 0) is 4.74 Å². The normalized spacial score (nSPS) is 23.4. The molecule has 30 heavy (non-hydrogen) atoms. The molecule has 3 nitrogen and oxygen atoms in total. The number of ether oxygens (including phenoxy) is 1. The summed E-state index contributed by atoms with van der Waals surface area (Å²) >= 11 is 0. The fourth-order valence-electron chi connectivity index (χ4n) is 5.21. The molecule has 2 aromatic carbocycles. The Morgan fingerprint density at radius 3 is 2.23 bits per heavy atom. The number of rotatable bonds is 5. The van der Waals surface area contributed by atoms with E-state index in [0.29, 0.717) is 12.1 Å². The number of carbonyl (C=O) groups excluding carboxylic acids is 1. The van der Waals surface area contributed by atoms with Gasteiger partial charge in [0.25, 0.3) is 0 Å². The van der Waals surface area contributed by atoms with Gasteiger partial charge < -0.3 is 4.74 Å². The maximum absolute atomic E-state index is 12.9. The van der Waals surface area contributed by atoms with Crippen LogP contribution in [0.1, 0.15) is 58.3 Å². The van der Waals surface area contributed by atoms with E-state index in [1.165, 1.54) is 24.0 Å². The van der Waals surface area contributed by atoms with Crippen LogP contribution in [0.2, 0.25) is 0 Å². The van der Waals surface area contributed by atoms with Gasteiger partial charge in [0.15, 0.2) is 0 Å². The molecule has 0 N–H and O–H groups in total. The Kier molecular flexibility index (Phi) is 7.38. The zero-order valence-corrected chi connectivity index (χ0v) is 19.0. The van der Waals surface area contributed by atoms with Gasteiger partial charge in [0, 0.05) is 31.5 Å². The fraction of sp³-hybridized carbons (Fsp3) is 0.423. The van der Waals surface area contributed by atoms with E-state index < -0.39 is 0 Å². The van der Waals surface area contributed by atoms with Gasteiger partial charge in [-0.25, -0.2) is 4.79 Å². The van der Waals surface area contributed by atoms with Crippen molar-refractivity contribution in [1.29, 1.82) is 0 Å². The van der Waals surface area contributed by atoms with Crippen molar-refractivity contribution in [2.45, 2.75) is 64.6 Å². The van der Waals surface area contributed by atoms with Crippen molar-refractivity contribution in [1.82, 2.24) is 4.90 Å². The summed E-state index contributed by atoms with van der Waals surface area (Å²) < 4.78 is 6.00. The summed E-state index contributed by atoms with van der Waals surface area (Å²) in [5.74, 6) is -0.151. The van der Waals surface area contributed by atoms with E-state index in [4.69, 9.17) is 4.74 Å². The molecule has 2 aliphatic rings. The van der Waals surface area contributed by atoms with Crippen LogP contribution >= 0.6 is 12.4 Å². The van der Waals surface area contributed by atoms with Crippen molar-refractivity contribution < 1.29 is 9.53 Å². The van der Waals surface area contributed by atoms with Crippen molar-refractivity contribution in [3.05, 3.63) is 76.4 Å². The van der Waals surface area contributed by atoms with Crippen LogP contribution in [0.25, 0.3) is 6.08 Å². The molecule has 2 fully saturated rings. The van der Waals surface area contributed by atoms with Gasteiger partial charge in [-0.15, -0.1) is 12.4 Å². The molecule has 0 aromatic heterocycles. The lowest BCUT2D eigenvalue weighted by Crippen LogP contribution is -2.45. The second-order valence-electron chi connectivity index (χ2n) is 8.67. The summed E-state index contributed by atoms with van der Waals surface area (Å²) in [5.41, 5.74) is 5.20. The molecule has 4 rings (SSSR count). The van der Waals surface area contributed by atoms with Crippen molar-refractivity contribution in [2.75, 3.05) is 6.54 Å². The first kappa shape index (κ1) is 22.6. The van der Waals surface area contributed by atoms with Crippen LogP contribution in [0.5, 0.6) is 0 Å². The van der Waals surface area contributed by atoms with Gasteiger partial charge in [0.2, 0.25) is 0 Å². The summed E-state index contributed by atoms with van der Waals surface area (Å²) in [4.78, 5) is 15.5. The first-order valence-corrected chi connectivity index (χ1v) is 10.8. The first-order valence-electron chi connectivity index (χ1n) is 10.8. The summed E-state index contributed by atoms with van der Waals surface area (Å²) in [6.07, 6.45) is 8.83. The number of fused-ring (bicyclic) bond motifs is 2. The Morgan fingerprint density at radius 2 is 1.63 bits per heavy atom. The maximum Gasteiger partial charge on any atom is 0.338 e. The first-order chi connectivity index (χ1) is 14.0. The highest BCUT2D eigenvalue weighted by molar-refractivity contribution is 5.93. The Hall–Kier alpha value is -2.10. The van der Waals surface area contributed by atoms with E-state index >= 15 is 0 Å². The average Bonchev–Trinajstić information content (AvgIpc) is 2.91. The average molecular weight is 426 g/mol. The van der Waals surface area contributed by atoms with Gasteiger partial charge >= 0.3 is 5.97 Å². The SMILES string of the molecule is Cc1cc(C)c(C(=O)OC2CC3CCC(C2)N3CC=Cc2ccccc2)c(C)c1.Cl. The molecule has 2 aliphatic heterocycles. The molecule has 2 heterocycles. The number of nitrogens with zero attached hydrogens (tertiary/aromatic N) is 1. The zero-order valence-electron chi connectivity index (χ0n) is 18.1. The number of carbonyl (C=O) groups is 1. The van der Waals surface area contributed by atoms with E-state index in [-0.39, 0.29) is 24.5 Å². The van der Waals surface area contributed by atoms with Gasteiger partial charge in [0.1, 0.15) is 6.10 Å². The number of halogens is 1. The number of esters is 1. The minimum absolute atomic E-state index is 0. The van der Waals surface area contributed by atoms with Crippen LogP contribution in [-0.4, -0.2) is 35.6 Å². The summed E-state index contributed by atoms with van der Waals surface area (Å²) in [6, 6.07) is 15.6. The van der Waals surface area contributed by atoms with Crippen molar-refractivity contribution >= 4 is 24.5 Å². The van der Waals surface area contributed by atoms with Gasteiger partial charge in [-0.1, -0.05) is 60.2 Å². The standard InChI is InChI=1S/C26H31NO2.ClH/c1-18-14-19(2)25(20(3)15-18)26(28)29-24-16-22-11-12-23(17-24)27(22)13-7-10-21-8-5-4-6-9-21;/h4-10,14-15,22-24H,11-13,16-17H2,1-3H3;1H. The molecule has 0 amide bonds. The highest BCUT2D eigenvalue weighted by Gasteiger charge is 2.41. The molecule has 4 heteroatoms. The number of benzene rings is 2. The van der Waals surface area contributed by atoms with Gasteiger partial charge in [0.05, 0.1) is 5.56 Å². The number of hydrogen-bond donors (Lipinski definition) is 0. The molecule has 2 bridgehead atoms. The predicted molar refractivity (Wildman–Crippen MR) is 125 cm³/mol. The molecule has 2 aromatic rings. The van der Waals surface area contributed by atoms with Crippen molar-refractivity contribution in [3.8, 4) is 0 Å². The molecule has 0 radical (unpaired) electrons. The smallest absolute Gasteiger partial charge is 0.338 e. The lowest BCUT2D eigenvalue weighted by molar-refractivity contribution is -0.00354. The van der Waals surface area contributed by atoms with Gasteiger partial charge in [-0.05, 0) is 50.3 Å². The van der Waals surface area contributed by atoms with Gasteiger partial charge in [-0.3, -0.25) is 4.90 Å². The Bertz CT molecular complexity index is 871. The third-order valence-electron chi connectivity index (χ3n) is 6.42. The molecule has 2 atom stereocenters. The van der Waals surface area contributed by atoms with Gasteiger partial charge in [-0.2, -0.15) is 0 Å². The number of aryl methyl sites for hydroxylation is 3. The van der Waals surface area contributed by atoms with E-state index in [1.54, 1.807) is 0 Å². The second-order valence-corrected chi connectivity index (χ2v) is 8.67. The zero-order chi connectivity index (χ0) is 20.4. The number of hydrogen-bond acceptors (Lipinski definition) is 3. The van der Waals surface area contributed by atoms with Crippen LogP contribution in [0, 0.1) is 20.8 Å². The lowest BCUT2D eigenvalue weighted by atomic mass is 9.98. The van der Waals surface area contributed by atoms with Crippen LogP contribution < -0.4 is 0 Å². The lowest BCUT2D eigenvalue weighted by Gasteiger charge is -2.38. The van der Waals surface area contributed by atoms with Crippen LogP contribution in [0.4, 0.5) is 0 Å². The van der Waals surface area contributed by atoms with Crippen molar-refractivity contribution in [2.24, 2.45) is 0 Å². The highest BCUT2D eigenvalue weighted by Crippen LogP contribution is 2.37. The van der Waals surface area contributed by atoms with E-state index in [2.05, 4.69) is 60.4 Å².